The Labute approximate surface area is 188 Å². The smallest absolute Gasteiger partial charge is 0.132 e. The van der Waals surface area contributed by atoms with Gasteiger partial charge in [0.15, 0.2) is 0 Å². The molecule has 5 atom stereocenters. The lowest BCUT2D eigenvalue weighted by Crippen LogP contribution is -2.53. The molecule has 0 heterocycles. The van der Waals surface area contributed by atoms with Crippen LogP contribution >= 0.6 is 0 Å². The molecule has 1 saturated carbocycles. The predicted octanol–water partition coefficient (Wildman–Crippen LogP) is 7.07. The summed E-state index contributed by atoms with van der Waals surface area (Å²) >= 11 is 0. The van der Waals surface area contributed by atoms with Crippen LogP contribution in [0.2, 0.25) is 0 Å². The molecule has 166 valence electrons. The summed E-state index contributed by atoms with van der Waals surface area (Å²) in [6, 6.07) is 19.8. The van der Waals surface area contributed by atoms with Gasteiger partial charge in [0.05, 0.1) is 12.2 Å². The molecule has 0 saturated heterocycles. The molecule has 2 heteroatoms. The van der Waals surface area contributed by atoms with Gasteiger partial charge in [0.1, 0.15) is 5.78 Å². The Morgan fingerprint density at radius 1 is 1.03 bits per heavy atom. The van der Waals surface area contributed by atoms with Crippen molar-refractivity contribution < 1.29 is 9.53 Å². The third-order valence-corrected chi connectivity index (χ3v) is 8.38. The van der Waals surface area contributed by atoms with Crippen LogP contribution in [0.25, 0.3) is 0 Å². The summed E-state index contributed by atoms with van der Waals surface area (Å²) in [7, 11) is 0. The van der Waals surface area contributed by atoms with Crippen molar-refractivity contribution >= 4 is 5.78 Å². The van der Waals surface area contributed by atoms with Crippen LogP contribution in [0.15, 0.2) is 54.6 Å². The van der Waals surface area contributed by atoms with Crippen LogP contribution in [0.3, 0.4) is 0 Å². The molecule has 0 amide bonds. The molecule has 31 heavy (non-hydrogen) atoms. The molecule has 1 fully saturated rings. The molecule has 0 radical (unpaired) electrons. The number of carbonyl (C=O) groups excluding carboxylic acids is 1. The van der Waals surface area contributed by atoms with Crippen molar-refractivity contribution in [2.75, 3.05) is 0 Å². The fourth-order valence-corrected chi connectivity index (χ4v) is 6.98. The molecule has 4 rings (SSSR count). The summed E-state index contributed by atoms with van der Waals surface area (Å²) in [5.74, 6) is 1.23. The lowest BCUT2D eigenvalue weighted by atomic mass is 9.46. The van der Waals surface area contributed by atoms with Gasteiger partial charge in [-0.2, -0.15) is 0 Å². The van der Waals surface area contributed by atoms with Crippen molar-refractivity contribution in [3.05, 3.63) is 71.3 Å². The van der Waals surface area contributed by atoms with E-state index in [9.17, 15) is 4.79 Å². The quantitative estimate of drug-likeness (QED) is 0.501. The van der Waals surface area contributed by atoms with Crippen molar-refractivity contribution in [2.24, 2.45) is 17.3 Å². The Kier molecular flexibility index (Phi) is 6.14. The number of rotatable bonds is 6. The van der Waals surface area contributed by atoms with Gasteiger partial charge in [0, 0.05) is 6.42 Å². The van der Waals surface area contributed by atoms with E-state index in [2.05, 4.69) is 75.4 Å². The maximum atomic E-state index is 11.7. The third kappa shape index (κ3) is 4.12. The molecule has 2 aliphatic carbocycles. The summed E-state index contributed by atoms with van der Waals surface area (Å²) in [5, 5.41) is 0. The zero-order chi connectivity index (χ0) is 22.2. The van der Waals surface area contributed by atoms with E-state index >= 15 is 0 Å². The molecule has 0 aliphatic heterocycles. The van der Waals surface area contributed by atoms with Crippen LogP contribution in [0.1, 0.15) is 83.1 Å². The highest BCUT2D eigenvalue weighted by Gasteiger charge is 2.55. The zero-order valence-corrected chi connectivity index (χ0v) is 19.9. The van der Waals surface area contributed by atoms with E-state index in [0.717, 1.165) is 6.42 Å². The predicted molar refractivity (Wildman–Crippen MR) is 127 cm³/mol. The number of ketones is 1. The standard InChI is InChI=1S/C29H38O2/c1-20(30)19-21(2)31-27(23-12-7-6-8-13-23)25-17-18-29(5)24-14-10-9-11-22(24)15-16-26(29)28(25,3)4/h6-14,21,25-27H,15-19H2,1-5H3/t21?,25-,26+,27+,29-/m1/s1. The first-order chi connectivity index (χ1) is 14.7. The Bertz CT molecular complexity index is 915. The summed E-state index contributed by atoms with van der Waals surface area (Å²) in [6.45, 7) is 11.2. The maximum absolute atomic E-state index is 11.7. The van der Waals surface area contributed by atoms with Gasteiger partial charge in [-0.15, -0.1) is 0 Å². The minimum Gasteiger partial charge on any atom is -0.370 e. The molecule has 1 unspecified atom stereocenters. The number of hydrogen-bond donors (Lipinski definition) is 0. The molecule has 0 bridgehead atoms. The van der Waals surface area contributed by atoms with Crippen molar-refractivity contribution in [3.63, 3.8) is 0 Å². The molecule has 0 aromatic heterocycles. The number of ether oxygens (including phenoxy) is 1. The molecule has 2 nitrogen and oxygen atoms in total. The monoisotopic (exact) mass is 418 g/mol. The molecular formula is C29H38O2. The lowest BCUT2D eigenvalue weighted by molar-refractivity contribution is -0.131. The maximum Gasteiger partial charge on any atom is 0.132 e. The first-order valence-electron chi connectivity index (χ1n) is 12.0. The molecule has 0 N–H and O–H groups in total. The van der Waals surface area contributed by atoms with E-state index in [0.29, 0.717) is 18.3 Å². The van der Waals surface area contributed by atoms with E-state index in [1.165, 1.54) is 24.8 Å². The number of fused-ring (bicyclic) bond motifs is 3. The van der Waals surface area contributed by atoms with Gasteiger partial charge in [0.25, 0.3) is 0 Å². The first kappa shape index (κ1) is 22.3. The second kappa shape index (κ2) is 8.54. The molecule has 2 aliphatic rings. The fraction of sp³-hybridized carbons (Fsp3) is 0.552. The van der Waals surface area contributed by atoms with E-state index < -0.39 is 0 Å². The van der Waals surface area contributed by atoms with Gasteiger partial charge in [-0.25, -0.2) is 0 Å². The van der Waals surface area contributed by atoms with E-state index in [1.54, 1.807) is 18.1 Å². The Balaban J connectivity index is 1.69. The van der Waals surface area contributed by atoms with Crippen molar-refractivity contribution in [3.8, 4) is 0 Å². The summed E-state index contributed by atoms with van der Waals surface area (Å²) in [6.07, 6.45) is 5.17. The highest BCUT2D eigenvalue weighted by atomic mass is 16.5. The lowest BCUT2D eigenvalue weighted by Gasteiger charge is -2.59. The zero-order valence-electron chi connectivity index (χ0n) is 19.9. The van der Waals surface area contributed by atoms with Crippen LogP contribution in [0.5, 0.6) is 0 Å². The SMILES string of the molecule is CC(=O)CC(C)O[C@@H](c1ccccc1)[C@H]1CC[C@]2(C)c3ccccc3CC[C@H]2C1(C)C. The summed E-state index contributed by atoms with van der Waals surface area (Å²) in [5.41, 5.74) is 4.72. The first-order valence-corrected chi connectivity index (χ1v) is 12.0. The topological polar surface area (TPSA) is 26.3 Å². The van der Waals surface area contributed by atoms with Crippen LogP contribution < -0.4 is 0 Å². The van der Waals surface area contributed by atoms with Gasteiger partial charge in [0.2, 0.25) is 0 Å². The second-order valence-corrected chi connectivity index (χ2v) is 10.8. The number of hydrogen-bond acceptors (Lipinski definition) is 2. The Hall–Kier alpha value is -1.93. The van der Waals surface area contributed by atoms with Gasteiger partial charge >= 0.3 is 0 Å². The largest absolute Gasteiger partial charge is 0.370 e. The van der Waals surface area contributed by atoms with Gasteiger partial charge in [-0.3, -0.25) is 4.79 Å². The Morgan fingerprint density at radius 3 is 2.42 bits per heavy atom. The molecule has 0 spiro atoms. The third-order valence-electron chi connectivity index (χ3n) is 8.38. The average molecular weight is 419 g/mol. The highest BCUT2D eigenvalue weighted by Crippen LogP contribution is 2.61. The second-order valence-electron chi connectivity index (χ2n) is 10.8. The number of Topliss-reactive ketones (excluding diaryl/α,β-unsaturated/α-hetero) is 1. The average Bonchev–Trinajstić information content (AvgIpc) is 2.72. The van der Waals surface area contributed by atoms with E-state index in [-0.39, 0.29) is 28.8 Å². The van der Waals surface area contributed by atoms with Gasteiger partial charge < -0.3 is 4.74 Å². The van der Waals surface area contributed by atoms with Crippen molar-refractivity contribution in [1.82, 2.24) is 0 Å². The van der Waals surface area contributed by atoms with Crippen LogP contribution in [0, 0.1) is 17.3 Å². The van der Waals surface area contributed by atoms with Crippen LogP contribution in [-0.4, -0.2) is 11.9 Å². The molecule has 2 aromatic carbocycles. The Morgan fingerprint density at radius 2 is 1.71 bits per heavy atom. The van der Waals surface area contributed by atoms with Gasteiger partial charge in [-0.05, 0) is 78.9 Å². The van der Waals surface area contributed by atoms with E-state index in [1.807, 2.05) is 6.92 Å². The summed E-state index contributed by atoms with van der Waals surface area (Å²) in [4.78, 5) is 11.7. The number of aryl methyl sites for hydroxylation is 1. The van der Waals surface area contributed by atoms with Gasteiger partial charge in [-0.1, -0.05) is 75.4 Å². The highest BCUT2D eigenvalue weighted by molar-refractivity contribution is 5.75. The van der Waals surface area contributed by atoms with Crippen LogP contribution in [0.4, 0.5) is 0 Å². The normalized spacial score (nSPS) is 28.8. The summed E-state index contributed by atoms with van der Waals surface area (Å²) < 4.78 is 6.68. The van der Waals surface area contributed by atoms with Crippen molar-refractivity contribution in [1.29, 1.82) is 0 Å². The molecular weight excluding hydrogens is 380 g/mol. The minimum absolute atomic E-state index is 0.0206. The molecule has 2 aromatic rings. The number of carbonyl (C=O) groups is 1. The number of benzene rings is 2. The van der Waals surface area contributed by atoms with Crippen molar-refractivity contribution in [2.45, 2.75) is 84.3 Å². The minimum atomic E-state index is -0.0705. The van der Waals surface area contributed by atoms with Crippen LogP contribution in [-0.2, 0) is 21.4 Å². The van der Waals surface area contributed by atoms with E-state index in [4.69, 9.17) is 4.74 Å². The fourth-order valence-electron chi connectivity index (χ4n) is 6.98.